The summed E-state index contributed by atoms with van der Waals surface area (Å²) >= 11 is 13.9. The summed E-state index contributed by atoms with van der Waals surface area (Å²) in [6.07, 6.45) is 3.55. The summed E-state index contributed by atoms with van der Waals surface area (Å²) < 4.78 is 2.11. The highest BCUT2D eigenvalue weighted by Gasteiger charge is 2.15. The molecule has 0 amide bonds. The molecule has 0 N–H and O–H groups in total. The summed E-state index contributed by atoms with van der Waals surface area (Å²) in [6.45, 7) is 0.675. The van der Waals surface area contributed by atoms with Crippen LogP contribution in [0.2, 0.25) is 10.0 Å². The lowest BCUT2D eigenvalue weighted by Gasteiger charge is -2.11. The number of pyridine rings is 1. The van der Waals surface area contributed by atoms with Gasteiger partial charge in [-0.05, 0) is 35.4 Å². The second-order valence-electron chi connectivity index (χ2n) is 6.14. The minimum absolute atomic E-state index is 0.629. The fraction of sp³-hybridized carbons (Fsp3) is 0.0952. The predicted molar refractivity (Wildman–Crippen MR) is 115 cm³/mol. The fourth-order valence-corrected chi connectivity index (χ4v) is 4.29. The van der Waals surface area contributed by atoms with E-state index in [-0.39, 0.29) is 0 Å². The fourth-order valence-electron chi connectivity index (χ4n) is 2.79. The number of aromatic nitrogens is 4. The van der Waals surface area contributed by atoms with Crippen LogP contribution in [0.3, 0.4) is 0 Å². The highest BCUT2D eigenvalue weighted by molar-refractivity contribution is 7.98. The Morgan fingerprint density at radius 3 is 2.54 bits per heavy atom. The van der Waals surface area contributed by atoms with Crippen LogP contribution in [0.4, 0.5) is 0 Å². The average Bonchev–Trinajstić information content (AvgIpc) is 3.11. The van der Waals surface area contributed by atoms with E-state index >= 15 is 0 Å². The van der Waals surface area contributed by atoms with Gasteiger partial charge in [-0.15, -0.1) is 10.2 Å². The lowest BCUT2D eigenvalue weighted by molar-refractivity contribution is 0.714. The number of nitrogens with zero attached hydrogens (tertiary/aromatic N) is 4. The Balaban J connectivity index is 1.65. The molecule has 4 aromatic rings. The molecule has 0 bridgehead atoms. The smallest absolute Gasteiger partial charge is 0.192 e. The standard InChI is InChI=1S/C21H16Cl2N4S/c22-18-9-8-17(19(23)11-18)14-28-21-26-25-20(16-7-4-10-24-12-16)27(21)13-15-5-2-1-3-6-15/h1-12H,13-14H2. The molecule has 4 rings (SSSR count). The quantitative estimate of drug-likeness (QED) is 0.355. The second kappa shape index (κ2) is 8.78. The van der Waals surface area contributed by atoms with Crippen LogP contribution in [0, 0.1) is 0 Å². The van der Waals surface area contributed by atoms with E-state index < -0.39 is 0 Å². The highest BCUT2D eigenvalue weighted by Crippen LogP contribution is 2.30. The van der Waals surface area contributed by atoms with Crippen LogP contribution in [-0.2, 0) is 12.3 Å². The Morgan fingerprint density at radius 1 is 0.929 bits per heavy atom. The maximum Gasteiger partial charge on any atom is 0.192 e. The molecule has 0 aliphatic carbocycles. The monoisotopic (exact) mass is 426 g/mol. The van der Waals surface area contributed by atoms with Crippen molar-refractivity contribution in [1.29, 1.82) is 0 Å². The van der Waals surface area contributed by atoms with E-state index in [9.17, 15) is 0 Å². The molecule has 0 atom stereocenters. The van der Waals surface area contributed by atoms with E-state index in [4.69, 9.17) is 23.2 Å². The van der Waals surface area contributed by atoms with Crippen molar-refractivity contribution in [2.24, 2.45) is 0 Å². The van der Waals surface area contributed by atoms with E-state index in [2.05, 4.69) is 31.9 Å². The zero-order chi connectivity index (χ0) is 19.3. The molecular weight excluding hydrogens is 411 g/mol. The average molecular weight is 427 g/mol. The third-order valence-corrected chi connectivity index (χ3v) is 5.79. The predicted octanol–water partition coefficient (Wildman–Crippen LogP) is 5.99. The van der Waals surface area contributed by atoms with Crippen molar-refractivity contribution < 1.29 is 0 Å². The lowest BCUT2D eigenvalue weighted by Crippen LogP contribution is -2.04. The molecule has 0 fully saturated rings. The molecule has 0 aliphatic rings. The van der Waals surface area contributed by atoms with Crippen LogP contribution in [0.15, 0.2) is 78.2 Å². The normalized spacial score (nSPS) is 10.9. The summed E-state index contributed by atoms with van der Waals surface area (Å²) in [7, 11) is 0. The van der Waals surface area contributed by atoms with Crippen molar-refractivity contribution in [1.82, 2.24) is 19.7 Å². The van der Waals surface area contributed by atoms with Gasteiger partial charge in [0.05, 0.1) is 6.54 Å². The topological polar surface area (TPSA) is 43.6 Å². The van der Waals surface area contributed by atoms with Gasteiger partial charge in [-0.25, -0.2) is 0 Å². The first-order valence-corrected chi connectivity index (χ1v) is 10.4. The largest absolute Gasteiger partial charge is 0.297 e. The van der Waals surface area contributed by atoms with Crippen molar-refractivity contribution in [3.8, 4) is 11.4 Å². The summed E-state index contributed by atoms with van der Waals surface area (Å²) in [5.74, 6) is 1.47. The molecule has 2 aromatic heterocycles. The van der Waals surface area contributed by atoms with E-state index in [0.717, 1.165) is 22.1 Å². The van der Waals surface area contributed by atoms with Gasteiger partial charge in [0.15, 0.2) is 11.0 Å². The van der Waals surface area contributed by atoms with Crippen molar-refractivity contribution in [3.63, 3.8) is 0 Å². The van der Waals surface area contributed by atoms with Crippen LogP contribution in [-0.4, -0.2) is 19.7 Å². The van der Waals surface area contributed by atoms with Gasteiger partial charge in [0.2, 0.25) is 0 Å². The van der Waals surface area contributed by atoms with Crippen molar-refractivity contribution >= 4 is 35.0 Å². The SMILES string of the molecule is Clc1ccc(CSc2nnc(-c3cccnc3)n2Cc2ccccc2)c(Cl)c1. The van der Waals surface area contributed by atoms with E-state index in [1.165, 1.54) is 5.56 Å². The van der Waals surface area contributed by atoms with Crippen LogP contribution in [0.25, 0.3) is 11.4 Å². The van der Waals surface area contributed by atoms with E-state index in [0.29, 0.717) is 22.3 Å². The maximum absolute atomic E-state index is 6.32. The zero-order valence-corrected chi connectivity index (χ0v) is 17.1. The molecule has 7 heteroatoms. The van der Waals surface area contributed by atoms with Gasteiger partial charge < -0.3 is 0 Å². The van der Waals surface area contributed by atoms with Gasteiger partial charge in [0.25, 0.3) is 0 Å². The van der Waals surface area contributed by atoms with Crippen LogP contribution < -0.4 is 0 Å². The minimum atomic E-state index is 0.629. The zero-order valence-electron chi connectivity index (χ0n) is 14.8. The number of halogens is 2. The van der Waals surface area contributed by atoms with Gasteiger partial charge in [-0.1, -0.05) is 71.4 Å². The molecule has 140 valence electrons. The Hall–Kier alpha value is -2.34. The highest BCUT2D eigenvalue weighted by atomic mass is 35.5. The molecular formula is C21H16Cl2N4S. The third kappa shape index (κ3) is 4.38. The first-order valence-electron chi connectivity index (χ1n) is 8.65. The second-order valence-corrected chi connectivity index (χ2v) is 7.93. The molecule has 0 aliphatic heterocycles. The molecule has 0 unspecified atom stereocenters. The molecule has 4 nitrogen and oxygen atoms in total. The van der Waals surface area contributed by atoms with Crippen LogP contribution >= 0.6 is 35.0 Å². The Labute approximate surface area is 177 Å². The van der Waals surface area contributed by atoms with Gasteiger partial charge in [0, 0.05) is 33.8 Å². The Bertz CT molecular complexity index is 1070. The number of benzene rings is 2. The minimum Gasteiger partial charge on any atom is -0.297 e. The van der Waals surface area contributed by atoms with Crippen molar-refractivity contribution in [3.05, 3.63) is 94.2 Å². The number of thioether (sulfide) groups is 1. The lowest BCUT2D eigenvalue weighted by atomic mass is 10.2. The third-order valence-electron chi connectivity index (χ3n) is 4.19. The summed E-state index contributed by atoms with van der Waals surface area (Å²) in [5, 5.41) is 11.0. The molecule has 0 saturated carbocycles. The van der Waals surface area contributed by atoms with Gasteiger partial charge >= 0.3 is 0 Å². The molecule has 2 aromatic carbocycles. The first-order chi connectivity index (χ1) is 13.7. The summed E-state index contributed by atoms with van der Waals surface area (Å²) in [4.78, 5) is 4.21. The molecule has 0 saturated heterocycles. The molecule has 0 spiro atoms. The number of hydrogen-bond donors (Lipinski definition) is 0. The van der Waals surface area contributed by atoms with Crippen molar-refractivity contribution in [2.75, 3.05) is 0 Å². The first kappa shape index (κ1) is 19.0. The molecule has 0 radical (unpaired) electrons. The summed E-state index contributed by atoms with van der Waals surface area (Å²) in [5.41, 5.74) is 3.12. The van der Waals surface area contributed by atoms with Gasteiger partial charge in [-0.3, -0.25) is 9.55 Å². The maximum atomic E-state index is 6.32. The van der Waals surface area contributed by atoms with Gasteiger partial charge in [0.1, 0.15) is 0 Å². The number of rotatable bonds is 6. The van der Waals surface area contributed by atoms with Crippen LogP contribution in [0.5, 0.6) is 0 Å². The van der Waals surface area contributed by atoms with E-state index in [1.807, 2.05) is 42.5 Å². The summed E-state index contributed by atoms with van der Waals surface area (Å²) in [6, 6.07) is 19.7. The van der Waals surface area contributed by atoms with Crippen molar-refractivity contribution in [2.45, 2.75) is 17.5 Å². The number of hydrogen-bond acceptors (Lipinski definition) is 4. The Morgan fingerprint density at radius 2 is 1.79 bits per heavy atom. The molecule has 2 heterocycles. The van der Waals surface area contributed by atoms with Gasteiger partial charge in [-0.2, -0.15) is 0 Å². The van der Waals surface area contributed by atoms with E-state index in [1.54, 1.807) is 30.2 Å². The Kier molecular flexibility index (Phi) is 5.95. The molecule has 28 heavy (non-hydrogen) atoms. The van der Waals surface area contributed by atoms with Crippen LogP contribution in [0.1, 0.15) is 11.1 Å².